The van der Waals surface area contributed by atoms with Gasteiger partial charge in [0.15, 0.2) is 6.10 Å². The summed E-state index contributed by atoms with van der Waals surface area (Å²) in [6.07, 6.45) is 77.5. The first-order valence-corrected chi connectivity index (χ1v) is 26.4. The van der Waals surface area contributed by atoms with Gasteiger partial charge in [0.05, 0.1) is 6.61 Å². The van der Waals surface area contributed by atoms with Crippen molar-refractivity contribution in [2.75, 3.05) is 13.2 Å². The monoisotopic (exact) mass is 887 g/mol. The third kappa shape index (κ3) is 51.2. The molecule has 0 amide bonds. The van der Waals surface area contributed by atoms with Gasteiger partial charge in [0.2, 0.25) is 0 Å². The molecule has 1 N–H and O–H groups in total. The van der Waals surface area contributed by atoms with Gasteiger partial charge in [-0.2, -0.15) is 0 Å². The molecule has 0 rings (SSSR count). The lowest BCUT2D eigenvalue weighted by Gasteiger charge is -2.15. The van der Waals surface area contributed by atoms with E-state index in [1.165, 1.54) is 109 Å². The summed E-state index contributed by atoms with van der Waals surface area (Å²) in [4.78, 5) is 24.5. The molecule has 0 spiro atoms. The number of hydrogen-bond donors (Lipinski definition) is 1. The van der Waals surface area contributed by atoms with Crippen LogP contribution in [0.15, 0.2) is 109 Å². The number of hydrogen-bond acceptors (Lipinski definition) is 5. The van der Waals surface area contributed by atoms with Crippen LogP contribution in [0.4, 0.5) is 0 Å². The molecular formula is C59H98O5. The smallest absolute Gasteiger partial charge is 0.306 e. The van der Waals surface area contributed by atoms with Crippen LogP contribution in [0.3, 0.4) is 0 Å². The lowest BCUT2D eigenvalue weighted by Crippen LogP contribution is -2.28. The van der Waals surface area contributed by atoms with Crippen molar-refractivity contribution in [3.63, 3.8) is 0 Å². The van der Waals surface area contributed by atoms with Crippen LogP contribution in [0.5, 0.6) is 0 Å². The molecule has 0 fully saturated rings. The lowest BCUT2D eigenvalue weighted by molar-refractivity contribution is -0.161. The molecule has 1 unspecified atom stereocenters. The first-order valence-electron chi connectivity index (χ1n) is 26.4. The van der Waals surface area contributed by atoms with Crippen molar-refractivity contribution in [1.82, 2.24) is 0 Å². The number of allylic oxidation sites excluding steroid dienone is 18. The Kier molecular flexibility index (Phi) is 51.0. The van der Waals surface area contributed by atoms with Crippen LogP contribution in [0.2, 0.25) is 0 Å². The number of esters is 2. The van der Waals surface area contributed by atoms with Crippen molar-refractivity contribution < 1.29 is 24.2 Å². The molecule has 0 bridgehead atoms. The third-order valence-corrected chi connectivity index (χ3v) is 11.1. The molecule has 364 valence electrons. The Morgan fingerprint density at radius 3 is 0.938 bits per heavy atom. The molecule has 0 aromatic rings. The van der Waals surface area contributed by atoms with E-state index in [1.54, 1.807) is 0 Å². The molecule has 5 heteroatoms. The van der Waals surface area contributed by atoms with Gasteiger partial charge in [-0.25, -0.2) is 0 Å². The second-order valence-corrected chi connectivity index (χ2v) is 17.2. The minimum absolute atomic E-state index is 0.0747. The SMILES string of the molecule is CC/C=C\C/C=C\C/C=C\C/C=C\C/C=C\CCCCCCCCCCCC(=O)OC(CO)COC(=O)CCCCCCCCCCCCCC/C=C\C/C=C\C/C=C\C/C=C\CC. The number of carbonyl (C=O) groups is 2. The Morgan fingerprint density at radius 1 is 0.359 bits per heavy atom. The van der Waals surface area contributed by atoms with Gasteiger partial charge in [-0.3, -0.25) is 9.59 Å². The summed E-state index contributed by atoms with van der Waals surface area (Å²) >= 11 is 0. The molecule has 1 atom stereocenters. The highest BCUT2D eigenvalue weighted by Crippen LogP contribution is 2.15. The van der Waals surface area contributed by atoms with Crippen molar-refractivity contribution >= 4 is 11.9 Å². The summed E-state index contributed by atoms with van der Waals surface area (Å²) in [6, 6.07) is 0. The van der Waals surface area contributed by atoms with E-state index in [0.29, 0.717) is 12.8 Å². The molecule has 0 aromatic carbocycles. The van der Waals surface area contributed by atoms with Gasteiger partial charge in [0.25, 0.3) is 0 Å². The number of aliphatic hydroxyl groups is 1. The largest absolute Gasteiger partial charge is 0.462 e. The van der Waals surface area contributed by atoms with E-state index in [-0.39, 0.29) is 25.2 Å². The van der Waals surface area contributed by atoms with Gasteiger partial charge in [-0.15, -0.1) is 0 Å². The van der Waals surface area contributed by atoms with Gasteiger partial charge in [-0.1, -0.05) is 232 Å². The highest BCUT2D eigenvalue weighted by molar-refractivity contribution is 5.70. The maximum Gasteiger partial charge on any atom is 0.306 e. The predicted molar refractivity (Wildman–Crippen MR) is 279 cm³/mol. The highest BCUT2D eigenvalue weighted by atomic mass is 16.6. The number of unbranched alkanes of at least 4 members (excludes halogenated alkanes) is 21. The summed E-state index contributed by atoms with van der Waals surface area (Å²) in [5, 5.41) is 9.64. The highest BCUT2D eigenvalue weighted by Gasteiger charge is 2.16. The van der Waals surface area contributed by atoms with E-state index < -0.39 is 6.10 Å². The fourth-order valence-electron chi connectivity index (χ4n) is 7.16. The van der Waals surface area contributed by atoms with E-state index >= 15 is 0 Å². The molecule has 0 aromatic heterocycles. The van der Waals surface area contributed by atoms with Crippen LogP contribution >= 0.6 is 0 Å². The van der Waals surface area contributed by atoms with Gasteiger partial charge in [-0.05, 0) is 96.3 Å². The van der Waals surface area contributed by atoms with Gasteiger partial charge in [0, 0.05) is 12.8 Å². The van der Waals surface area contributed by atoms with Crippen LogP contribution in [0, 0.1) is 0 Å². The topological polar surface area (TPSA) is 72.8 Å². The molecule has 0 saturated carbocycles. The van der Waals surface area contributed by atoms with Gasteiger partial charge in [0.1, 0.15) is 6.61 Å². The predicted octanol–water partition coefficient (Wildman–Crippen LogP) is 17.7. The van der Waals surface area contributed by atoms with Crippen LogP contribution in [0.25, 0.3) is 0 Å². The summed E-state index contributed by atoms with van der Waals surface area (Å²) < 4.78 is 10.7. The molecule has 64 heavy (non-hydrogen) atoms. The summed E-state index contributed by atoms with van der Waals surface area (Å²) in [5.74, 6) is -0.602. The minimum Gasteiger partial charge on any atom is -0.462 e. The Bertz CT molecular complexity index is 1280. The fourth-order valence-corrected chi connectivity index (χ4v) is 7.16. The number of aliphatic hydroxyl groups excluding tert-OH is 1. The molecule has 0 aliphatic heterocycles. The lowest BCUT2D eigenvalue weighted by atomic mass is 10.0. The maximum absolute atomic E-state index is 12.3. The molecule has 0 saturated heterocycles. The maximum atomic E-state index is 12.3. The van der Waals surface area contributed by atoms with Crippen molar-refractivity contribution in [2.24, 2.45) is 0 Å². The zero-order chi connectivity index (χ0) is 46.3. The Hall–Kier alpha value is -3.44. The number of rotatable bonds is 47. The third-order valence-electron chi connectivity index (χ3n) is 11.1. The number of ether oxygens (including phenoxy) is 2. The fraction of sp³-hybridized carbons (Fsp3) is 0.661. The first-order chi connectivity index (χ1) is 31.6. The normalized spacial score (nSPS) is 13.1. The van der Waals surface area contributed by atoms with Crippen molar-refractivity contribution in [3.8, 4) is 0 Å². The summed E-state index contributed by atoms with van der Waals surface area (Å²) in [5.41, 5.74) is 0. The molecule has 0 aliphatic rings. The zero-order valence-corrected chi connectivity index (χ0v) is 41.5. The van der Waals surface area contributed by atoms with Crippen molar-refractivity contribution in [1.29, 1.82) is 0 Å². The van der Waals surface area contributed by atoms with E-state index in [4.69, 9.17) is 9.47 Å². The van der Waals surface area contributed by atoms with Crippen LogP contribution in [-0.4, -0.2) is 36.4 Å². The molecule has 0 radical (unpaired) electrons. The Balaban J connectivity index is 3.54. The first kappa shape index (κ1) is 60.6. The Labute approximate surface area is 395 Å². The van der Waals surface area contributed by atoms with E-state index in [0.717, 1.165) is 96.3 Å². The van der Waals surface area contributed by atoms with E-state index in [1.807, 2.05) is 0 Å². The molecule has 5 nitrogen and oxygen atoms in total. The van der Waals surface area contributed by atoms with Gasteiger partial charge >= 0.3 is 11.9 Å². The molecule has 0 aliphatic carbocycles. The second-order valence-electron chi connectivity index (χ2n) is 17.2. The molecular weight excluding hydrogens is 789 g/mol. The average molecular weight is 887 g/mol. The van der Waals surface area contributed by atoms with Crippen LogP contribution in [-0.2, 0) is 19.1 Å². The van der Waals surface area contributed by atoms with Crippen LogP contribution < -0.4 is 0 Å². The quantitative estimate of drug-likeness (QED) is 0.0374. The standard InChI is InChI=1S/C59H98O5/c1-3-5-7-9-11-13-15-17-19-21-23-25-27-29-31-33-35-37-39-41-43-45-47-49-51-53-58(61)63-56-57(55-60)64-59(62)54-52-50-48-46-44-42-40-38-36-34-32-30-28-26-24-22-20-18-16-14-12-10-8-6-4-2/h5-8,11-14,17-20,23-26,30,32,57,60H,3-4,9-10,15-16,21-22,27-29,31,33-56H2,1-2H3/b7-5-,8-6-,13-11-,14-12-,19-17-,20-18-,25-23-,26-24-,32-30-. The van der Waals surface area contributed by atoms with Gasteiger partial charge < -0.3 is 14.6 Å². The van der Waals surface area contributed by atoms with Crippen molar-refractivity contribution in [2.45, 2.75) is 238 Å². The second kappa shape index (κ2) is 53.9. The average Bonchev–Trinajstić information content (AvgIpc) is 3.30. The Morgan fingerprint density at radius 2 is 0.625 bits per heavy atom. The number of carbonyl (C=O) groups excluding carboxylic acids is 2. The van der Waals surface area contributed by atoms with E-state index in [2.05, 4.69) is 123 Å². The minimum atomic E-state index is -0.784. The summed E-state index contributed by atoms with van der Waals surface area (Å²) in [6.45, 7) is 3.91. The van der Waals surface area contributed by atoms with E-state index in [9.17, 15) is 14.7 Å². The molecule has 0 heterocycles. The van der Waals surface area contributed by atoms with Crippen LogP contribution in [0.1, 0.15) is 232 Å². The summed E-state index contributed by atoms with van der Waals surface area (Å²) in [7, 11) is 0. The van der Waals surface area contributed by atoms with Crippen molar-refractivity contribution in [3.05, 3.63) is 109 Å². The zero-order valence-electron chi connectivity index (χ0n) is 41.5.